The van der Waals surface area contributed by atoms with Crippen LogP contribution in [0, 0.1) is 18.6 Å². The normalized spacial score (nSPS) is 20.8. The highest BCUT2D eigenvalue weighted by molar-refractivity contribution is 5.94. The first-order valence-corrected chi connectivity index (χ1v) is 7.46. The van der Waals surface area contributed by atoms with Gasteiger partial charge in [-0.1, -0.05) is 17.7 Å². The van der Waals surface area contributed by atoms with Crippen LogP contribution in [0.2, 0.25) is 0 Å². The number of aliphatic hydroxyl groups excluding tert-OH is 1. The third kappa shape index (κ3) is 3.10. The number of halogens is 2. The van der Waals surface area contributed by atoms with E-state index in [1.54, 1.807) is 12.1 Å². The van der Waals surface area contributed by atoms with Crippen LogP contribution in [0.15, 0.2) is 42.5 Å². The Morgan fingerprint density at radius 1 is 1.17 bits per heavy atom. The van der Waals surface area contributed by atoms with Gasteiger partial charge in [-0.25, -0.2) is 8.78 Å². The summed E-state index contributed by atoms with van der Waals surface area (Å²) < 4.78 is 27.5. The summed E-state index contributed by atoms with van der Waals surface area (Å²) in [5.41, 5.74) is 1.59. The second-order valence-corrected chi connectivity index (χ2v) is 5.89. The molecule has 0 aliphatic carbocycles. The maximum atomic E-state index is 14.1. The second kappa shape index (κ2) is 6.08. The van der Waals surface area contributed by atoms with E-state index in [0.717, 1.165) is 23.8 Å². The first kappa shape index (κ1) is 15.6. The number of aliphatic hydroxyl groups is 1. The molecule has 1 saturated heterocycles. The summed E-state index contributed by atoms with van der Waals surface area (Å²) >= 11 is 0. The molecule has 5 heteroatoms. The molecule has 2 atom stereocenters. The van der Waals surface area contributed by atoms with Crippen LogP contribution < -0.4 is 0 Å². The Hall–Kier alpha value is -2.27. The molecule has 1 aliphatic rings. The Morgan fingerprint density at radius 3 is 2.57 bits per heavy atom. The predicted molar refractivity (Wildman–Crippen MR) is 81.9 cm³/mol. The number of carbonyl (C=O) groups is 1. The summed E-state index contributed by atoms with van der Waals surface area (Å²) in [6.45, 7) is 2.02. The van der Waals surface area contributed by atoms with Crippen molar-refractivity contribution in [2.24, 2.45) is 0 Å². The molecule has 2 aromatic rings. The summed E-state index contributed by atoms with van der Waals surface area (Å²) in [6.07, 6.45) is -0.560. The van der Waals surface area contributed by atoms with Crippen molar-refractivity contribution in [1.29, 1.82) is 0 Å². The number of hydrogen-bond acceptors (Lipinski definition) is 2. The summed E-state index contributed by atoms with van der Waals surface area (Å²) in [4.78, 5) is 14.1. The quantitative estimate of drug-likeness (QED) is 0.924. The topological polar surface area (TPSA) is 40.5 Å². The smallest absolute Gasteiger partial charge is 0.254 e. The van der Waals surface area contributed by atoms with Crippen molar-refractivity contribution in [3.8, 4) is 0 Å². The number of nitrogens with zero attached hydrogens (tertiary/aromatic N) is 1. The molecule has 0 saturated carbocycles. The van der Waals surface area contributed by atoms with Gasteiger partial charge in [0.1, 0.15) is 11.6 Å². The van der Waals surface area contributed by atoms with Crippen molar-refractivity contribution in [2.75, 3.05) is 6.54 Å². The Balaban J connectivity index is 1.95. The lowest BCUT2D eigenvalue weighted by Gasteiger charge is -2.25. The van der Waals surface area contributed by atoms with E-state index in [-0.39, 0.29) is 24.4 Å². The first-order valence-electron chi connectivity index (χ1n) is 7.46. The molecule has 1 aliphatic heterocycles. The SMILES string of the molecule is Cc1ccc(C(=O)N2CC(O)CC2c2cc(F)ccc2F)cc1. The van der Waals surface area contributed by atoms with Crippen LogP contribution in [0.4, 0.5) is 8.78 Å². The Labute approximate surface area is 133 Å². The molecule has 2 unspecified atom stereocenters. The predicted octanol–water partition coefficient (Wildman–Crippen LogP) is 3.22. The van der Waals surface area contributed by atoms with Crippen molar-refractivity contribution in [3.63, 3.8) is 0 Å². The largest absolute Gasteiger partial charge is 0.391 e. The van der Waals surface area contributed by atoms with Gasteiger partial charge >= 0.3 is 0 Å². The molecule has 120 valence electrons. The highest BCUT2D eigenvalue weighted by atomic mass is 19.1. The van der Waals surface area contributed by atoms with E-state index in [1.165, 1.54) is 4.90 Å². The Morgan fingerprint density at radius 2 is 1.87 bits per heavy atom. The Bertz CT molecular complexity index is 730. The highest BCUT2D eigenvalue weighted by Gasteiger charge is 2.37. The van der Waals surface area contributed by atoms with Gasteiger partial charge in [-0.2, -0.15) is 0 Å². The molecular weight excluding hydrogens is 300 g/mol. The zero-order valence-corrected chi connectivity index (χ0v) is 12.7. The van der Waals surface area contributed by atoms with E-state index in [1.807, 2.05) is 19.1 Å². The van der Waals surface area contributed by atoms with Crippen molar-refractivity contribution < 1.29 is 18.7 Å². The summed E-state index contributed by atoms with van der Waals surface area (Å²) in [5, 5.41) is 9.92. The number of amides is 1. The number of β-amino-alcohol motifs (C(OH)–C–C–N with tert-alkyl or cyclic N) is 1. The van der Waals surface area contributed by atoms with E-state index in [4.69, 9.17) is 0 Å². The molecule has 1 fully saturated rings. The summed E-state index contributed by atoms with van der Waals surface area (Å²) in [5.74, 6) is -1.44. The fourth-order valence-corrected chi connectivity index (χ4v) is 2.97. The van der Waals surface area contributed by atoms with Gasteiger partial charge in [0, 0.05) is 17.7 Å². The number of benzene rings is 2. The fraction of sp³-hybridized carbons (Fsp3) is 0.278. The zero-order chi connectivity index (χ0) is 16.6. The number of likely N-dealkylation sites (tertiary alicyclic amines) is 1. The third-order valence-electron chi connectivity index (χ3n) is 4.16. The minimum atomic E-state index is -0.753. The van der Waals surface area contributed by atoms with Crippen LogP contribution in [0.3, 0.4) is 0 Å². The van der Waals surface area contributed by atoms with E-state index in [9.17, 15) is 18.7 Å². The molecule has 0 bridgehead atoms. The van der Waals surface area contributed by atoms with E-state index in [2.05, 4.69) is 0 Å². The fourth-order valence-electron chi connectivity index (χ4n) is 2.97. The molecule has 23 heavy (non-hydrogen) atoms. The van der Waals surface area contributed by atoms with E-state index < -0.39 is 23.8 Å². The van der Waals surface area contributed by atoms with Crippen LogP contribution in [0.5, 0.6) is 0 Å². The minimum Gasteiger partial charge on any atom is -0.391 e. The average Bonchev–Trinajstić information content (AvgIpc) is 2.91. The standard InChI is InChI=1S/C18H17F2NO2/c1-11-2-4-12(5-3-11)18(23)21-10-14(22)9-17(21)15-8-13(19)6-7-16(15)20/h2-8,14,17,22H,9-10H2,1H3. The Kier molecular flexibility index (Phi) is 4.13. The summed E-state index contributed by atoms with van der Waals surface area (Å²) in [6, 6.07) is 9.53. The minimum absolute atomic E-state index is 0.0991. The van der Waals surface area contributed by atoms with E-state index >= 15 is 0 Å². The van der Waals surface area contributed by atoms with Gasteiger partial charge in [0.2, 0.25) is 0 Å². The molecule has 0 radical (unpaired) electrons. The average molecular weight is 317 g/mol. The maximum Gasteiger partial charge on any atom is 0.254 e. The summed E-state index contributed by atoms with van der Waals surface area (Å²) in [7, 11) is 0. The van der Waals surface area contributed by atoms with Crippen molar-refractivity contribution in [2.45, 2.75) is 25.5 Å². The van der Waals surface area contributed by atoms with Crippen LogP contribution >= 0.6 is 0 Å². The first-order chi connectivity index (χ1) is 11.0. The third-order valence-corrected chi connectivity index (χ3v) is 4.16. The van der Waals surface area contributed by atoms with Crippen LogP contribution in [-0.2, 0) is 0 Å². The molecule has 3 nitrogen and oxygen atoms in total. The van der Waals surface area contributed by atoms with Gasteiger partial charge in [-0.3, -0.25) is 4.79 Å². The lowest BCUT2D eigenvalue weighted by atomic mass is 10.0. The number of hydrogen-bond donors (Lipinski definition) is 1. The van der Waals surface area contributed by atoms with Crippen LogP contribution in [-0.4, -0.2) is 28.6 Å². The molecule has 0 aromatic heterocycles. The van der Waals surface area contributed by atoms with Gasteiger partial charge < -0.3 is 10.0 Å². The lowest BCUT2D eigenvalue weighted by Crippen LogP contribution is -2.32. The van der Waals surface area contributed by atoms with Gasteiger partial charge in [0.15, 0.2) is 0 Å². The lowest BCUT2D eigenvalue weighted by molar-refractivity contribution is 0.0713. The van der Waals surface area contributed by atoms with Gasteiger partial charge in [-0.15, -0.1) is 0 Å². The van der Waals surface area contributed by atoms with Gasteiger partial charge in [-0.05, 0) is 43.7 Å². The zero-order valence-electron chi connectivity index (χ0n) is 12.7. The van der Waals surface area contributed by atoms with Gasteiger partial charge in [0.05, 0.1) is 12.1 Å². The van der Waals surface area contributed by atoms with Gasteiger partial charge in [0.25, 0.3) is 5.91 Å². The molecule has 3 rings (SSSR count). The molecule has 2 aromatic carbocycles. The van der Waals surface area contributed by atoms with Crippen LogP contribution in [0.1, 0.15) is 33.9 Å². The monoisotopic (exact) mass is 317 g/mol. The number of rotatable bonds is 2. The number of carbonyl (C=O) groups excluding carboxylic acids is 1. The van der Waals surface area contributed by atoms with E-state index in [0.29, 0.717) is 5.56 Å². The van der Waals surface area contributed by atoms with Crippen molar-refractivity contribution in [3.05, 3.63) is 70.8 Å². The van der Waals surface area contributed by atoms with Crippen molar-refractivity contribution in [1.82, 2.24) is 4.90 Å². The van der Waals surface area contributed by atoms with Crippen LogP contribution in [0.25, 0.3) is 0 Å². The number of aryl methyl sites for hydroxylation is 1. The molecule has 0 spiro atoms. The van der Waals surface area contributed by atoms with Crippen molar-refractivity contribution >= 4 is 5.91 Å². The molecule has 1 N–H and O–H groups in total. The molecular formula is C18H17F2NO2. The maximum absolute atomic E-state index is 14.1. The molecule has 1 heterocycles. The highest BCUT2D eigenvalue weighted by Crippen LogP contribution is 2.35. The molecule has 1 amide bonds. The second-order valence-electron chi connectivity index (χ2n) is 5.89.